The SMILES string of the molecule is C=C(N)C(=O)Oc1ccc(C(=O)Oc2ccc(OC(=O)/C=C/c3ccc(OC(=O)C(C)C(CC)CC)cc3)c(C)c2)cc1. The minimum absolute atomic E-state index is 0.190. The molecule has 0 aliphatic carbocycles. The molecule has 2 N–H and O–H groups in total. The van der Waals surface area contributed by atoms with Crippen molar-refractivity contribution in [2.24, 2.45) is 17.6 Å². The van der Waals surface area contributed by atoms with Gasteiger partial charge in [-0.2, -0.15) is 0 Å². The quantitative estimate of drug-likeness (QED) is 0.150. The molecule has 0 fully saturated rings. The van der Waals surface area contributed by atoms with Gasteiger partial charge in [0.1, 0.15) is 28.7 Å². The Hall–Kier alpha value is -5.18. The number of carbonyl (C=O) groups excluding carboxylic acids is 4. The number of hydrogen-bond donors (Lipinski definition) is 1. The van der Waals surface area contributed by atoms with Crippen LogP contribution in [-0.4, -0.2) is 23.9 Å². The topological polar surface area (TPSA) is 131 Å². The van der Waals surface area contributed by atoms with E-state index in [0.29, 0.717) is 17.1 Å². The Kier molecular flexibility index (Phi) is 11.4. The van der Waals surface area contributed by atoms with Crippen molar-refractivity contribution in [1.29, 1.82) is 0 Å². The maximum absolute atomic E-state index is 12.5. The van der Waals surface area contributed by atoms with Crippen molar-refractivity contribution >= 4 is 30.0 Å². The highest BCUT2D eigenvalue weighted by atomic mass is 16.5. The summed E-state index contributed by atoms with van der Waals surface area (Å²) < 4.78 is 21.3. The molecule has 9 heteroatoms. The molecule has 9 nitrogen and oxygen atoms in total. The minimum Gasteiger partial charge on any atom is -0.426 e. The van der Waals surface area contributed by atoms with E-state index in [0.717, 1.165) is 18.4 Å². The molecule has 0 saturated heterocycles. The van der Waals surface area contributed by atoms with Gasteiger partial charge in [0, 0.05) is 6.08 Å². The highest BCUT2D eigenvalue weighted by Crippen LogP contribution is 2.25. The molecule has 1 unspecified atom stereocenters. The van der Waals surface area contributed by atoms with E-state index in [4.69, 9.17) is 24.7 Å². The molecular formula is C34H35NO8. The van der Waals surface area contributed by atoms with Crippen molar-refractivity contribution in [2.45, 2.75) is 40.5 Å². The molecule has 1 atom stereocenters. The summed E-state index contributed by atoms with van der Waals surface area (Å²) in [6.07, 6.45) is 4.70. The number of carbonyl (C=O) groups is 4. The second-order valence-electron chi connectivity index (χ2n) is 9.87. The molecule has 0 aliphatic heterocycles. The van der Waals surface area contributed by atoms with Crippen LogP contribution in [0.1, 0.15) is 55.1 Å². The number of ether oxygens (including phenoxy) is 4. The lowest BCUT2D eigenvalue weighted by atomic mass is 9.89. The molecule has 0 heterocycles. The molecule has 0 saturated carbocycles. The summed E-state index contributed by atoms with van der Waals surface area (Å²) in [5.74, 6) is -0.986. The number of benzene rings is 3. The summed E-state index contributed by atoms with van der Waals surface area (Å²) in [4.78, 5) is 48.9. The number of nitrogens with two attached hydrogens (primary N) is 1. The maximum atomic E-state index is 12.5. The van der Waals surface area contributed by atoms with Crippen molar-refractivity contribution in [2.75, 3.05) is 0 Å². The smallest absolute Gasteiger partial charge is 0.358 e. The third-order valence-electron chi connectivity index (χ3n) is 6.77. The van der Waals surface area contributed by atoms with E-state index in [9.17, 15) is 19.2 Å². The molecule has 0 radical (unpaired) electrons. The molecule has 0 amide bonds. The number of hydrogen-bond acceptors (Lipinski definition) is 9. The van der Waals surface area contributed by atoms with Gasteiger partial charge in [-0.15, -0.1) is 0 Å². The Morgan fingerprint density at radius 1 is 0.814 bits per heavy atom. The van der Waals surface area contributed by atoms with Crippen LogP contribution >= 0.6 is 0 Å². The van der Waals surface area contributed by atoms with Gasteiger partial charge in [-0.05, 0) is 84.6 Å². The summed E-state index contributed by atoms with van der Waals surface area (Å²) in [5.41, 5.74) is 6.57. The van der Waals surface area contributed by atoms with Crippen molar-refractivity contribution in [3.05, 3.63) is 102 Å². The third-order valence-corrected chi connectivity index (χ3v) is 6.77. The molecule has 43 heavy (non-hydrogen) atoms. The highest BCUT2D eigenvalue weighted by molar-refractivity contribution is 5.92. The Bertz CT molecular complexity index is 1500. The summed E-state index contributed by atoms with van der Waals surface area (Å²) >= 11 is 0. The van der Waals surface area contributed by atoms with Crippen molar-refractivity contribution < 1.29 is 38.1 Å². The van der Waals surface area contributed by atoms with E-state index in [1.165, 1.54) is 42.5 Å². The Balaban J connectivity index is 1.53. The van der Waals surface area contributed by atoms with Gasteiger partial charge < -0.3 is 24.7 Å². The van der Waals surface area contributed by atoms with Gasteiger partial charge in [-0.25, -0.2) is 14.4 Å². The zero-order chi connectivity index (χ0) is 31.5. The maximum Gasteiger partial charge on any atom is 0.358 e. The molecule has 3 aromatic carbocycles. The zero-order valence-electron chi connectivity index (χ0n) is 24.6. The fraction of sp³-hybridized carbons (Fsp3) is 0.235. The van der Waals surface area contributed by atoms with Gasteiger partial charge in [0.2, 0.25) is 0 Å². The molecule has 224 valence electrons. The van der Waals surface area contributed by atoms with Crippen molar-refractivity contribution in [1.82, 2.24) is 0 Å². The van der Waals surface area contributed by atoms with Crippen LogP contribution in [-0.2, 0) is 14.4 Å². The first-order valence-corrected chi connectivity index (χ1v) is 13.8. The largest absolute Gasteiger partial charge is 0.426 e. The predicted octanol–water partition coefficient (Wildman–Crippen LogP) is 6.19. The van der Waals surface area contributed by atoms with E-state index in [-0.39, 0.29) is 40.6 Å². The first-order chi connectivity index (χ1) is 20.5. The lowest BCUT2D eigenvalue weighted by Gasteiger charge is -2.19. The van der Waals surface area contributed by atoms with Gasteiger partial charge in [-0.3, -0.25) is 4.79 Å². The van der Waals surface area contributed by atoms with E-state index in [2.05, 4.69) is 20.4 Å². The summed E-state index contributed by atoms with van der Waals surface area (Å²) in [5, 5.41) is 0. The highest BCUT2D eigenvalue weighted by Gasteiger charge is 2.23. The van der Waals surface area contributed by atoms with Crippen molar-refractivity contribution in [3.8, 4) is 23.0 Å². The summed E-state index contributed by atoms with van der Waals surface area (Å²) in [6, 6.07) is 17.2. The average Bonchev–Trinajstić information content (AvgIpc) is 2.99. The first kappa shape index (κ1) is 32.3. The minimum atomic E-state index is -0.780. The van der Waals surface area contributed by atoms with E-state index in [1.807, 2.05) is 6.92 Å². The number of rotatable bonds is 12. The van der Waals surface area contributed by atoms with Crippen LogP contribution in [0.5, 0.6) is 23.0 Å². The Morgan fingerprint density at radius 2 is 1.40 bits per heavy atom. The fourth-order valence-corrected chi connectivity index (χ4v) is 4.15. The standard InChI is InChI=1S/C34H35NO8/c1-6-25(7-2)22(4)32(37)40-27-13-8-24(9-14-27)10-19-31(36)43-30-18-17-29(20-21(30)3)42-34(39)26-11-15-28(16-12-26)41-33(38)23(5)35/h8-20,22,25H,5-7,35H2,1-4H3/b19-10+. The van der Waals surface area contributed by atoms with E-state index < -0.39 is 17.9 Å². The van der Waals surface area contributed by atoms with E-state index >= 15 is 0 Å². The summed E-state index contributed by atoms with van der Waals surface area (Å²) in [6.45, 7) is 11.0. The first-order valence-electron chi connectivity index (χ1n) is 13.8. The van der Waals surface area contributed by atoms with Gasteiger partial charge in [-0.1, -0.05) is 52.3 Å². The Morgan fingerprint density at radius 3 is 1.98 bits per heavy atom. The molecule has 0 spiro atoms. The second kappa shape index (κ2) is 15.2. The molecule has 0 bridgehead atoms. The summed E-state index contributed by atoms with van der Waals surface area (Å²) in [7, 11) is 0. The molecule has 0 aromatic heterocycles. The average molecular weight is 586 g/mol. The van der Waals surface area contributed by atoms with Gasteiger partial charge >= 0.3 is 23.9 Å². The van der Waals surface area contributed by atoms with Crippen molar-refractivity contribution in [3.63, 3.8) is 0 Å². The third kappa shape index (κ3) is 9.43. The van der Waals surface area contributed by atoms with Gasteiger partial charge in [0.05, 0.1) is 11.5 Å². The molecule has 3 aromatic rings. The van der Waals surface area contributed by atoms with Crippen LogP contribution in [0.15, 0.2) is 85.1 Å². The molecular weight excluding hydrogens is 550 g/mol. The Labute approximate surface area is 250 Å². The lowest BCUT2D eigenvalue weighted by Crippen LogP contribution is -2.24. The number of esters is 4. The zero-order valence-corrected chi connectivity index (χ0v) is 24.6. The van der Waals surface area contributed by atoms with E-state index in [1.54, 1.807) is 43.3 Å². The van der Waals surface area contributed by atoms with Crippen LogP contribution in [0.3, 0.4) is 0 Å². The van der Waals surface area contributed by atoms with Gasteiger partial charge in [0.15, 0.2) is 0 Å². The molecule has 0 aliphatic rings. The number of aryl methyl sites for hydroxylation is 1. The predicted molar refractivity (Wildman–Crippen MR) is 162 cm³/mol. The normalized spacial score (nSPS) is 11.6. The van der Waals surface area contributed by atoms with Crippen LogP contribution in [0.2, 0.25) is 0 Å². The monoisotopic (exact) mass is 585 g/mol. The molecule has 3 rings (SSSR count). The fourth-order valence-electron chi connectivity index (χ4n) is 4.15. The van der Waals surface area contributed by atoms with Crippen LogP contribution in [0, 0.1) is 18.8 Å². The van der Waals surface area contributed by atoms with Crippen LogP contribution in [0.25, 0.3) is 6.08 Å². The van der Waals surface area contributed by atoms with Crippen LogP contribution in [0.4, 0.5) is 0 Å². The second-order valence-corrected chi connectivity index (χ2v) is 9.87. The van der Waals surface area contributed by atoms with Gasteiger partial charge in [0.25, 0.3) is 0 Å². The van der Waals surface area contributed by atoms with Crippen LogP contribution < -0.4 is 24.7 Å². The lowest BCUT2D eigenvalue weighted by molar-refractivity contribution is -0.140.